The number of hydrogen-bond donors (Lipinski definition) is 0. The van der Waals surface area contributed by atoms with Gasteiger partial charge in [0.1, 0.15) is 29.4 Å². The molecule has 2 aliphatic heterocycles. The van der Waals surface area contributed by atoms with E-state index in [9.17, 15) is 9.59 Å². The summed E-state index contributed by atoms with van der Waals surface area (Å²) in [5, 5.41) is 0. The first kappa shape index (κ1) is 21.0. The van der Waals surface area contributed by atoms with Crippen LogP contribution in [0.3, 0.4) is 0 Å². The zero-order chi connectivity index (χ0) is 21.8. The van der Waals surface area contributed by atoms with Crippen molar-refractivity contribution in [1.29, 1.82) is 0 Å². The van der Waals surface area contributed by atoms with Crippen LogP contribution in [0.25, 0.3) is 0 Å². The highest BCUT2D eigenvalue weighted by Crippen LogP contribution is 2.31. The number of carbonyl (C=O) groups is 2. The minimum atomic E-state index is -0.550. The summed E-state index contributed by atoms with van der Waals surface area (Å²) in [5.41, 5.74) is 0.405. The van der Waals surface area contributed by atoms with Crippen LogP contribution < -0.4 is 14.2 Å². The van der Waals surface area contributed by atoms with Gasteiger partial charge in [0.05, 0.1) is 26.3 Å². The molecule has 0 aromatic heterocycles. The van der Waals surface area contributed by atoms with Gasteiger partial charge in [0, 0.05) is 25.6 Å². The molecule has 7 nitrogen and oxygen atoms in total. The van der Waals surface area contributed by atoms with Crippen LogP contribution in [0.4, 0.5) is 0 Å². The molecular weight excluding hydrogens is 396 g/mol. The van der Waals surface area contributed by atoms with Gasteiger partial charge in [0.25, 0.3) is 5.91 Å². The number of amides is 2. The molecule has 2 aromatic carbocycles. The Kier molecular flexibility index (Phi) is 6.30. The van der Waals surface area contributed by atoms with Gasteiger partial charge in [-0.25, -0.2) is 0 Å². The SMILES string of the molecule is COc1ccc(C(=O)N2C[C@@H](Oc3ccccc3)C[C@H]2C(=O)N2CCCC2)c(OC)c1. The Bertz CT molecular complexity index is 927. The van der Waals surface area contributed by atoms with Crippen molar-refractivity contribution < 1.29 is 23.8 Å². The van der Waals surface area contributed by atoms with E-state index in [4.69, 9.17) is 14.2 Å². The maximum atomic E-state index is 13.5. The Hall–Kier alpha value is -3.22. The Morgan fingerprint density at radius 1 is 0.935 bits per heavy atom. The Balaban J connectivity index is 1.60. The van der Waals surface area contributed by atoms with Crippen LogP contribution in [0.1, 0.15) is 29.6 Å². The van der Waals surface area contributed by atoms with Gasteiger partial charge in [-0.15, -0.1) is 0 Å². The van der Waals surface area contributed by atoms with Crippen LogP contribution in [-0.4, -0.2) is 67.6 Å². The molecule has 2 heterocycles. The summed E-state index contributed by atoms with van der Waals surface area (Å²) in [6, 6.07) is 14.0. The molecule has 2 fully saturated rings. The molecule has 0 bridgehead atoms. The maximum absolute atomic E-state index is 13.5. The van der Waals surface area contributed by atoms with Gasteiger partial charge in [-0.2, -0.15) is 0 Å². The van der Waals surface area contributed by atoms with E-state index in [2.05, 4.69) is 0 Å². The summed E-state index contributed by atoms with van der Waals surface area (Å²) in [6.45, 7) is 1.83. The van der Waals surface area contributed by atoms with E-state index >= 15 is 0 Å². The summed E-state index contributed by atoms with van der Waals surface area (Å²) in [6.07, 6.45) is 2.21. The molecular formula is C24H28N2O5. The lowest BCUT2D eigenvalue weighted by Gasteiger charge is -2.27. The van der Waals surface area contributed by atoms with Crippen molar-refractivity contribution >= 4 is 11.8 Å². The maximum Gasteiger partial charge on any atom is 0.258 e. The van der Waals surface area contributed by atoms with Crippen LogP contribution in [0.5, 0.6) is 17.2 Å². The van der Waals surface area contributed by atoms with Crippen molar-refractivity contribution in [1.82, 2.24) is 9.80 Å². The third-order valence-electron chi connectivity index (χ3n) is 5.91. The van der Waals surface area contributed by atoms with E-state index in [1.165, 1.54) is 7.11 Å². The molecule has 164 valence electrons. The minimum absolute atomic E-state index is 0.00232. The van der Waals surface area contributed by atoms with Gasteiger partial charge in [-0.05, 0) is 37.1 Å². The highest BCUT2D eigenvalue weighted by Gasteiger charge is 2.43. The molecule has 2 aromatic rings. The van der Waals surface area contributed by atoms with Gasteiger partial charge in [-0.1, -0.05) is 18.2 Å². The van der Waals surface area contributed by atoms with Gasteiger partial charge >= 0.3 is 0 Å². The standard InChI is InChI=1S/C24H28N2O5/c1-29-18-10-11-20(22(15-18)30-2)23(27)26-16-19(31-17-8-4-3-5-9-17)14-21(26)24(28)25-12-6-7-13-25/h3-5,8-11,15,19,21H,6-7,12-14,16H2,1-2H3/t19-,21-/m0/s1. The van der Waals surface area contributed by atoms with Gasteiger partial charge in [0.2, 0.25) is 5.91 Å². The van der Waals surface area contributed by atoms with Crippen molar-refractivity contribution in [3.63, 3.8) is 0 Å². The predicted octanol–water partition coefficient (Wildman–Crippen LogP) is 2.99. The first-order valence-corrected chi connectivity index (χ1v) is 10.6. The lowest BCUT2D eigenvalue weighted by molar-refractivity contribution is -0.134. The van der Waals surface area contributed by atoms with E-state index in [0.717, 1.165) is 31.7 Å². The van der Waals surface area contributed by atoms with E-state index in [-0.39, 0.29) is 17.9 Å². The molecule has 0 radical (unpaired) electrons. The third-order valence-corrected chi connectivity index (χ3v) is 5.91. The van der Waals surface area contributed by atoms with Gasteiger partial charge in [0.15, 0.2) is 0 Å². The predicted molar refractivity (Wildman–Crippen MR) is 116 cm³/mol. The zero-order valence-electron chi connectivity index (χ0n) is 18.0. The molecule has 0 unspecified atom stereocenters. The Morgan fingerprint density at radius 2 is 1.68 bits per heavy atom. The summed E-state index contributed by atoms with van der Waals surface area (Å²) in [7, 11) is 3.08. The number of nitrogens with zero attached hydrogens (tertiary/aromatic N) is 2. The smallest absolute Gasteiger partial charge is 0.258 e. The van der Waals surface area contributed by atoms with Crippen LogP contribution in [0, 0.1) is 0 Å². The second-order valence-electron chi connectivity index (χ2n) is 7.86. The lowest BCUT2D eigenvalue weighted by atomic mass is 10.1. The molecule has 7 heteroatoms. The molecule has 2 aliphatic rings. The quantitative estimate of drug-likeness (QED) is 0.713. The first-order chi connectivity index (χ1) is 15.1. The second kappa shape index (κ2) is 9.29. The number of rotatable bonds is 6. The lowest BCUT2D eigenvalue weighted by Crippen LogP contribution is -2.47. The third kappa shape index (κ3) is 4.45. The number of likely N-dealkylation sites (tertiary alicyclic amines) is 2. The molecule has 31 heavy (non-hydrogen) atoms. The number of benzene rings is 2. The fourth-order valence-electron chi connectivity index (χ4n) is 4.31. The fourth-order valence-corrected chi connectivity index (χ4v) is 4.31. The van der Waals surface area contributed by atoms with Gasteiger partial charge in [-0.3, -0.25) is 9.59 Å². The van der Waals surface area contributed by atoms with Crippen LogP contribution >= 0.6 is 0 Å². The molecule has 2 amide bonds. The van der Waals surface area contributed by atoms with Crippen molar-refractivity contribution in [2.24, 2.45) is 0 Å². The summed E-state index contributed by atoms with van der Waals surface area (Å²) < 4.78 is 16.8. The van der Waals surface area contributed by atoms with Crippen molar-refractivity contribution in [3.8, 4) is 17.2 Å². The van der Waals surface area contributed by atoms with Crippen LogP contribution in [0.15, 0.2) is 48.5 Å². The molecule has 0 saturated carbocycles. The summed E-state index contributed by atoms with van der Waals surface area (Å²) in [4.78, 5) is 30.3. The van der Waals surface area contributed by atoms with Crippen molar-refractivity contribution in [2.45, 2.75) is 31.4 Å². The topological polar surface area (TPSA) is 68.3 Å². The highest BCUT2D eigenvalue weighted by molar-refractivity contribution is 6.00. The number of ether oxygens (including phenoxy) is 3. The molecule has 2 saturated heterocycles. The molecule has 0 spiro atoms. The average Bonchev–Trinajstić information content (AvgIpc) is 3.49. The first-order valence-electron chi connectivity index (χ1n) is 10.6. The minimum Gasteiger partial charge on any atom is -0.497 e. The van der Waals surface area contributed by atoms with E-state index in [1.807, 2.05) is 35.2 Å². The molecule has 2 atom stereocenters. The largest absolute Gasteiger partial charge is 0.497 e. The van der Waals surface area contributed by atoms with Crippen molar-refractivity contribution in [2.75, 3.05) is 33.9 Å². The molecule has 4 rings (SSSR count). The Morgan fingerprint density at radius 3 is 2.35 bits per heavy atom. The summed E-state index contributed by atoms with van der Waals surface area (Å²) in [5.74, 6) is 1.51. The molecule has 0 N–H and O–H groups in total. The van der Waals surface area contributed by atoms with Crippen LogP contribution in [-0.2, 0) is 4.79 Å². The Labute approximate surface area is 182 Å². The van der Waals surface area contributed by atoms with Crippen molar-refractivity contribution in [3.05, 3.63) is 54.1 Å². The summed E-state index contributed by atoms with van der Waals surface area (Å²) >= 11 is 0. The number of para-hydroxylation sites is 1. The van der Waals surface area contributed by atoms with E-state index in [1.54, 1.807) is 30.2 Å². The van der Waals surface area contributed by atoms with E-state index in [0.29, 0.717) is 30.0 Å². The number of carbonyl (C=O) groups excluding carboxylic acids is 2. The monoisotopic (exact) mass is 424 g/mol. The van der Waals surface area contributed by atoms with Crippen LogP contribution in [0.2, 0.25) is 0 Å². The number of methoxy groups -OCH3 is 2. The second-order valence-corrected chi connectivity index (χ2v) is 7.86. The van der Waals surface area contributed by atoms with Gasteiger partial charge < -0.3 is 24.0 Å². The number of hydrogen-bond acceptors (Lipinski definition) is 5. The zero-order valence-corrected chi connectivity index (χ0v) is 18.0. The van der Waals surface area contributed by atoms with E-state index < -0.39 is 6.04 Å². The average molecular weight is 424 g/mol. The fraction of sp³-hybridized carbons (Fsp3) is 0.417. The highest BCUT2D eigenvalue weighted by atomic mass is 16.5. The normalized spacial score (nSPS) is 20.6. The molecule has 0 aliphatic carbocycles.